The van der Waals surface area contributed by atoms with Crippen molar-refractivity contribution in [3.05, 3.63) is 0 Å². The highest BCUT2D eigenvalue weighted by Gasteiger charge is 2.14. The molecule has 0 aliphatic heterocycles. The van der Waals surface area contributed by atoms with Crippen molar-refractivity contribution in [2.45, 2.75) is 45.7 Å². The van der Waals surface area contributed by atoms with Crippen molar-refractivity contribution in [2.75, 3.05) is 0 Å². The summed E-state index contributed by atoms with van der Waals surface area (Å²) in [5.41, 5.74) is -1.27. The minimum Gasteiger partial charge on any atom is -0.230 e. The highest BCUT2D eigenvalue weighted by molar-refractivity contribution is 5.11. The van der Waals surface area contributed by atoms with E-state index in [0.717, 1.165) is 12.8 Å². The van der Waals surface area contributed by atoms with Gasteiger partial charge >= 0.3 is 0 Å². The first-order chi connectivity index (χ1) is 4.62. The molecule has 0 radical (unpaired) electrons. The van der Waals surface area contributed by atoms with E-state index < -0.39 is 5.67 Å². The summed E-state index contributed by atoms with van der Waals surface area (Å²) >= 11 is 0. The lowest BCUT2D eigenvalue weighted by atomic mass is 10.1. The van der Waals surface area contributed by atoms with Crippen LogP contribution in [0.25, 0.3) is 0 Å². The summed E-state index contributed by atoms with van der Waals surface area (Å²) in [6, 6.07) is 0. The van der Waals surface area contributed by atoms with Crippen LogP contribution in [-0.2, 0) is 0 Å². The van der Waals surface area contributed by atoms with Crippen LogP contribution in [0.5, 0.6) is 0 Å². The van der Waals surface area contributed by atoms with Crippen LogP contribution in [0.1, 0.15) is 40.0 Å². The van der Waals surface area contributed by atoms with E-state index in [0.29, 0.717) is 6.42 Å². The molecule has 0 rings (SSSR count). The summed E-state index contributed by atoms with van der Waals surface area (Å²) < 4.78 is 13.0. The maximum absolute atomic E-state index is 13.0. The molecule has 0 aliphatic rings. The summed E-state index contributed by atoms with van der Waals surface area (Å²) in [4.78, 5) is 0. The molecule has 0 N–H and O–H groups in total. The van der Waals surface area contributed by atoms with Crippen LogP contribution in [0.15, 0.2) is 0 Å². The number of rotatable bonds is 2. The summed E-state index contributed by atoms with van der Waals surface area (Å²) in [5, 5.41) is 0. The molecule has 1 atom stereocenters. The summed E-state index contributed by atoms with van der Waals surface area (Å²) in [6.07, 6.45) is 2.29. The van der Waals surface area contributed by atoms with Crippen molar-refractivity contribution in [2.24, 2.45) is 0 Å². The largest absolute Gasteiger partial charge is 0.230 e. The Morgan fingerprint density at radius 3 is 2.40 bits per heavy atom. The maximum Gasteiger partial charge on any atom is 0.167 e. The molecular weight excluding hydrogens is 127 g/mol. The van der Waals surface area contributed by atoms with Crippen LogP contribution in [0.3, 0.4) is 0 Å². The van der Waals surface area contributed by atoms with Gasteiger partial charge in [0.2, 0.25) is 0 Å². The predicted octanol–water partition coefficient (Wildman–Crippen LogP) is 2.93. The number of hydrogen-bond acceptors (Lipinski definition) is 0. The fraction of sp³-hybridized carbons (Fsp3) is 0.778. The van der Waals surface area contributed by atoms with Crippen molar-refractivity contribution in [3.8, 4) is 11.8 Å². The van der Waals surface area contributed by atoms with Crippen molar-refractivity contribution >= 4 is 0 Å². The molecule has 0 amide bonds. The quantitative estimate of drug-likeness (QED) is 0.520. The highest BCUT2D eigenvalue weighted by Crippen LogP contribution is 2.12. The van der Waals surface area contributed by atoms with Crippen molar-refractivity contribution in [1.29, 1.82) is 0 Å². The molecular formula is C9H15F. The first-order valence-corrected chi connectivity index (χ1v) is 3.81. The van der Waals surface area contributed by atoms with Gasteiger partial charge in [0.05, 0.1) is 0 Å². The van der Waals surface area contributed by atoms with E-state index >= 15 is 0 Å². The first kappa shape index (κ1) is 9.49. The van der Waals surface area contributed by atoms with E-state index in [4.69, 9.17) is 0 Å². The van der Waals surface area contributed by atoms with Crippen LogP contribution in [0.4, 0.5) is 4.39 Å². The molecule has 0 aromatic rings. The van der Waals surface area contributed by atoms with Gasteiger partial charge in [-0.15, -0.1) is 0 Å². The first-order valence-electron chi connectivity index (χ1n) is 3.81. The molecule has 1 heteroatoms. The summed E-state index contributed by atoms with van der Waals surface area (Å²) in [7, 11) is 0. The van der Waals surface area contributed by atoms with Gasteiger partial charge in [-0.3, -0.25) is 0 Å². The monoisotopic (exact) mass is 142 g/mol. The second kappa shape index (κ2) is 4.33. The van der Waals surface area contributed by atoms with Crippen LogP contribution in [-0.4, -0.2) is 5.67 Å². The van der Waals surface area contributed by atoms with Gasteiger partial charge in [-0.2, -0.15) is 0 Å². The third kappa shape index (κ3) is 4.38. The molecule has 0 spiro atoms. The minimum absolute atomic E-state index is 0.476. The zero-order chi connectivity index (χ0) is 8.04. The minimum atomic E-state index is -1.27. The van der Waals surface area contributed by atoms with E-state index in [9.17, 15) is 4.39 Å². The molecule has 0 saturated carbocycles. The molecule has 0 nitrogen and oxygen atoms in total. The van der Waals surface area contributed by atoms with Crippen molar-refractivity contribution in [1.82, 2.24) is 0 Å². The fourth-order valence-electron chi connectivity index (χ4n) is 0.460. The standard InChI is InChI=1S/C9H15F/c1-4-6-7-8-9(3,10)5-2/h4-6H2,1-3H3. The van der Waals surface area contributed by atoms with Gasteiger partial charge < -0.3 is 0 Å². The molecule has 0 aromatic carbocycles. The lowest BCUT2D eigenvalue weighted by Crippen LogP contribution is -2.12. The molecule has 0 aromatic heterocycles. The number of hydrogen-bond donors (Lipinski definition) is 0. The molecule has 58 valence electrons. The average molecular weight is 142 g/mol. The van der Waals surface area contributed by atoms with Gasteiger partial charge in [0.25, 0.3) is 0 Å². The van der Waals surface area contributed by atoms with E-state index in [1.807, 2.05) is 6.92 Å². The van der Waals surface area contributed by atoms with Crippen LogP contribution >= 0.6 is 0 Å². The topological polar surface area (TPSA) is 0 Å². The normalized spacial score (nSPS) is 15.2. The van der Waals surface area contributed by atoms with Gasteiger partial charge in [-0.1, -0.05) is 25.7 Å². The Bertz CT molecular complexity index is 137. The van der Waals surface area contributed by atoms with Crippen LogP contribution in [0.2, 0.25) is 0 Å². The lowest BCUT2D eigenvalue weighted by Gasteiger charge is -2.07. The lowest BCUT2D eigenvalue weighted by molar-refractivity contribution is 0.263. The predicted molar refractivity (Wildman–Crippen MR) is 42.5 cm³/mol. The number of alkyl halides is 1. The Morgan fingerprint density at radius 2 is 2.00 bits per heavy atom. The molecule has 0 fully saturated rings. The molecule has 1 unspecified atom stereocenters. The second-order valence-electron chi connectivity index (χ2n) is 2.60. The molecule has 0 bridgehead atoms. The van der Waals surface area contributed by atoms with E-state index in [2.05, 4.69) is 11.8 Å². The van der Waals surface area contributed by atoms with Gasteiger partial charge in [-0.05, 0) is 19.8 Å². The third-order valence-electron chi connectivity index (χ3n) is 1.39. The zero-order valence-electron chi connectivity index (χ0n) is 7.00. The SMILES string of the molecule is CCCC#CC(C)(F)CC. The van der Waals surface area contributed by atoms with Gasteiger partial charge in [0.1, 0.15) is 0 Å². The van der Waals surface area contributed by atoms with Gasteiger partial charge in [0.15, 0.2) is 5.67 Å². The van der Waals surface area contributed by atoms with Gasteiger partial charge in [0, 0.05) is 6.42 Å². The fourth-order valence-corrected chi connectivity index (χ4v) is 0.460. The van der Waals surface area contributed by atoms with E-state index in [1.54, 1.807) is 6.92 Å². The molecule has 0 aliphatic carbocycles. The Hall–Kier alpha value is -0.510. The Morgan fingerprint density at radius 1 is 1.40 bits per heavy atom. The van der Waals surface area contributed by atoms with Gasteiger partial charge in [-0.25, -0.2) is 4.39 Å². The smallest absolute Gasteiger partial charge is 0.167 e. The number of halogens is 1. The molecule has 0 heterocycles. The molecule has 0 saturated heterocycles. The van der Waals surface area contributed by atoms with Crippen molar-refractivity contribution in [3.63, 3.8) is 0 Å². The number of unbranched alkanes of at least 4 members (excludes halogenated alkanes) is 1. The Labute approximate surface area is 62.8 Å². The second-order valence-corrected chi connectivity index (χ2v) is 2.60. The van der Waals surface area contributed by atoms with Crippen LogP contribution in [0, 0.1) is 11.8 Å². The highest BCUT2D eigenvalue weighted by atomic mass is 19.1. The molecule has 10 heavy (non-hydrogen) atoms. The zero-order valence-corrected chi connectivity index (χ0v) is 7.00. The maximum atomic E-state index is 13.0. The van der Waals surface area contributed by atoms with Crippen LogP contribution < -0.4 is 0 Å². The van der Waals surface area contributed by atoms with E-state index in [-0.39, 0.29) is 0 Å². The third-order valence-corrected chi connectivity index (χ3v) is 1.39. The van der Waals surface area contributed by atoms with Crippen molar-refractivity contribution < 1.29 is 4.39 Å². The Kier molecular flexibility index (Phi) is 4.11. The summed E-state index contributed by atoms with van der Waals surface area (Å²) in [6.45, 7) is 5.37. The average Bonchev–Trinajstić information content (AvgIpc) is 1.89. The Balaban J connectivity index is 3.77. The summed E-state index contributed by atoms with van der Waals surface area (Å²) in [5.74, 6) is 5.39. The van der Waals surface area contributed by atoms with E-state index in [1.165, 1.54) is 6.92 Å².